The van der Waals surface area contributed by atoms with Gasteiger partial charge in [0.05, 0.1) is 0 Å². The van der Waals surface area contributed by atoms with Gasteiger partial charge in [0.2, 0.25) is 0 Å². The molecular weight excluding hydrogens is 228 g/mol. The van der Waals surface area contributed by atoms with Crippen molar-refractivity contribution in [2.45, 2.75) is 12.5 Å². The molecule has 0 amide bonds. The summed E-state index contributed by atoms with van der Waals surface area (Å²) in [6.07, 6.45) is 1.35. The van der Waals surface area contributed by atoms with Gasteiger partial charge < -0.3 is 10.2 Å². The van der Waals surface area contributed by atoms with Crippen LogP contribution in [0.2, 0.25) is 0 Å². The zero-order chi connectivity index (χ0) is 11.2. The van der Waals surface area contributed by atoms with Gasteiger partial charge in [-0.15, -0.1) is 11.3 Å². The van der Waals surface area contributed by atoms with Crippen LogP contribution < -0.4 is 10.2 Å². The Bertz CT molecular complexity index is 548. The van der Waals surface area contributed by atoms with Gasteiger partial charge in [0, 0.05) is 36.1 Å². The molecule has 0 spiro atoms. The van der Waals surface area contributed by atoms with E-state index in [0.717, 1.165) is 18.5 Å². The monoisotopic (exact) mass is 244 g/mol. The summed E-state index contributed by atoms with van der Waals surface area (Å²) in [4.78, 5) is 2.60. The summed E-state index contributed by atoms with van der Waals surface area (Å²) in [6, 6.07) is 9.87. The van der Waals surface area contributed by atoms with E-state index >= 15 is 0 Å². The summed E-state index contributed by atoms with van der Waals surface area (Å²) in [5.41, 5.74) is 1.41. The summed E-state index contributed by atoms with van der Waals surface area (Å²) >= 11 is 1.83. The topological polar surface area (TPSA) is 15.3 Å². The minimum atomic E-state index is 0.728. The van der Waals surface area contributed by atoms with Crippen molar-refractivity contribution in [3.8, 4) is 0 Å². The van der Waals surface area contributed by atoms with E-state index in [9.17, 15) is 0 Å². The Morgan fingerprint density at radius 2 is 2.24 bits per heavy atom. The van der Waals surface area contributed by atoms with E-state index in [2.05, 4.69) is 39.9 Å². The van der Waals surface area contributed by atoms with Gasteiger partial charge in [0.25, 0.3) is 0 Å². The molecule has 2 unspecified atom stereocenters. The van der Waals surface area contributed by atoms with E-state index in [0.29, 0.717) is 0 Å². The van der Waals surface area contributed by atoms with Gasteiger partial charge in [-0.05, 0) is 47.4 Å². The fraction of sp³-hybridized carbons (Fsp3) is 0.429. The van der Waals surface area contributed by atoms with Crippen molar-refractivity contribution in [3.05, 3.63) is 29.6 Å². The Kier molecular flexibility index (Phi) is 2.17. The molecule has 0 bridgehead atoms. The number of hydrogen-bond donors (Lipinski definition) is 1. The second-order valence-corrected chi connectivity index (χ2v) is 6.06. The lowest BCUT2D eigenvalue weighted by Crippen LogP contribution is -2.33. The van der Waals surface area contributed by atoms with E-state index in [4.69, 9.17) is 0 Å². The number of fused-ring (bicyclic) bond motifs is 2. The zero-order valence-corrected chi connectivity index (χ0v) is 10.5. The lowest BCUT2D eigenvalue weighted by Gasteiger charge is -2.25. The van der Waals surface area contributed by atoms with Crippen LogP contribution in [0.1, 0.15) is 6.42 Å². The highest BCUT2D eigenvalue weighted by Crippen LogP contribution is 2.34. The maximum absolute atomic E-state index is 3.52. The Labute approximate surface area is 105 Å². The third-order valence-corrected chi connectivity index (χ3v) is 5.11. The van der Waals surface area contributed by atoms with Crippen LogP contribution in [0.5, 0.6) is 0 Å². The molecule has 2 fully saturated rings. The van der Waals surface area contributed by atoms with Crippen molar-refractivity contribution in [1.29, 1.82) is 0 Å². The predicted molar refractivity (Wildman–Crippen MR) is 73.9 cm³/mol. The second-order valence-electron chi connectivity index (χ2n) is 5.11. The fourth-order valence-corrected chi connectivity index (χ4v) is 4.07. The average Bonchev–Trinajstić information content (AvgIpc) is 3.03. The average molecular weight is 244 g/mol. The number of nitrogens with zero attached hydrogens (tertiary/aromatic N) is 1. The Hall–Kier alpha value is -1.06. The van der Waals surface area contributed by atoms with Crippen molar-refractivity contribution in [1.82, 2.24) is 5.32 Å². The van der Waals surface area contributed by atoms with Crippen LogP contribution >= 0.6 is 11.3 Å². The first-order valence-corrected chi connectivity index (χ1v) is 7.24. The number of nitrogens with one attached hydrogen (secondary N) is 1. The fourth-order valence-electron chi connectivity index (χ4n) is 3.30. The highest BCUT2D eigenvalue weighted by molar-refractivity contribution is 7.17. The van der Waals surface area contributed by atoms with Crippen LogP contribution in [0.15, 0.2) is 29.6 Å². The molecule has 3 heterocycles. The highest BCUT2D eigenvalue weighted by Gasteiger charge is 2.37. The smallest absolute Gasteiger partial charge is 0.0455 e. The minimum absolute atomic E-state index is 0.728. The first-order valence-electron chi connectivity index (χ1n) is 6.36. The van der Waals surface area contributed by atoms with Gasteiger partial charge in [-0.25, -0.2) is 0 Å². The van der Waals surface area contributed by atoms with Gasteiger partial charge in [0.15, 0.2) is 0 Å². The molecule has 1 N–H and O–H groups in total. The third kappa shape index (κ3) is 1.49. The lowest BCUT2D eigenvalue weighted by atomic mass is 10.0. The van der Waals surface area contributed by atoms with Crippen LogP contribution in [-0.4, -0.2) is 25.7 Å². The van der Waals surface area contributed by atoms with Crippen molar-refractivity contribution in [3.63, 3.8) is 0 Å². The number of thiophene rings is 1. The second kappa shape index (κ2) is 3.72. The number of rotatable bonds is 1. The molecule has 2 atom stereocenters. The summed E-state index contributed by atoms with van der Waals surface area (Å²) in [6.45, 7) is 3.60. The normalized spacial score (nSPS) is 27.9. The minimum Gasteiger partial charge on any atom is -0.367 e. The van der Waals surface area contributed by atoms with Crippen LogP contribution in [0.4, 0.5) is 5.69 Å². The summed E-state index contributed by atoms with van der Waals surface area (Å²) < 4.78 is 1.40. The lowest BCUT2D eigenvalue weighted by molar-refractivity contribution is 0.579. The highest BCUT2D eigenvalue weighted by atomic mass is 32.1. The van der Waals surface area contributed by atoms with E-state index in [1.807, 2.05) is 11.3 Å². The number of hydrogen-bond acceptors (Lipinski definition) is 3. The van der Waals surface area contributed by atoms with Gasteiger partial charge >= 0.3 is 0 Å². The Morgan fingerprint density at radius 3 is 3.24 bits per heavy atom. The molecule has 3 heteroatoms. The Balaban J connectivity index is 1.73. The molecule has 2 aliphatic rings. The summed E-state index contributed by atoms with van der Waals surface area (Å²) in [5.74, 6) is 0.869. The van der Waals surface area contributed by atoms with Crippen molar-refractivity contribution < 1.29 is 0 Å². The van der Waals surface area contributed by atoms with Gasteiger partial charge in [-0.1, -0.05) is 0 Å². The van der Waals surface area contributed by atoms with Crippen LogP contribution in [0, 0.1) is 5.92 Å². The largest absolute Gasteiger partial charge is 0.367 e. The Morgan fingerprint density at radius 1 is 1.24 bits per heavy atom. The molecule has 17 heavy (non-hydrogen) atoms. The summed E-state index contributed by atoms with van der Waals surface area (Å²) in [5, 5.41) is 7.09. The first-order chi connectivity index (χ1) is 8.42. The molecule has 1 aromatic heterocycles. The maximum atomic E-state index is 3.52. The molecule has 2 saturated heterocycles. The third-order valence-electron chi connectivity index (χ3n) is 4.21. The molecule has 4 rings (SSSR count). The standard InChI is InChI=1S/C14H16N2S/c1-2-14-10(4-6-17-14)7-12(1)16-5-3-11-8-15-9-13(11)16/h1-2,4,6-7,11,13,15H,3,5,8-9H2. The zero-order valence-electron chi connectivity index (χ0n) is 9.73. The van der Waals surface area contributed by atoms with Crippen molar-refractivity contribution >= 4 is 27.1 Å². The molecule has 88 valence electrons. The SMILES string of the molecule is c1cc2cc(N3CCC4CNCC43)ccc2s1. The molecule has 0 saturated carbocycles. The van der Waals surface area contributed by atoms with Crippen molar-refractivity contribution in [2.75, 3.05) is 24.5 Å². The van der Waals surface area contributed by atoms with Gasteiger partial charge in [0.1, 0.15) is 0 Å². The number of anilines is 1. The van der Waals surface area contributed by atoms with Gasteiger partial charge in [-0.2, -0.15) is 0 Å². The maximum Gasteiger partial charge on any atom is 0.0455 e. The van der Waals surface area contributed by atoms with E-state index in [1.165, 1.54) is 35.3 Å². The summed E-state index contributed by atoms with van der Waals surface area (Å²) in [7, 11) is 0. The van der Waals surface area contributed by atoms with E-state index < -0.39 is 0 Å². The van der Waals surface area contributed by atoms with Crippen LogP contribution in [0.25, 0.3) is 10.1 Å². The van der Waals surface area contributed by atoms with Crippen molar-refractivity contribution in [2.24, 2.45) is 5.92 Å². The number of benzene rings is 1. The molecule has 2 aliphatic heterocycles. The van der Waals surface area contributed by atoms with Gasteiger partial charge in [-0.3, -0.25) is 0 Å². The van der Waals surface area contributed by atoms with E-state index in [1.54, 1.807) is 0 Å². The molecule has 0 radical (unpaired) electrons. The molecule has 2 aromatic rings. The van der Waals surface area contributed by atoms with Crippen LogP contribution in [0.3, 0.4) is 0 Å². The first kappa shape index (κ1) is 9.92. The molecular formula is C14H16N2S. The van der Waals surface area contributed by atoms with Crippen LogP contribution in [-0.2, 0) is 0 Å². The molecule has 2 nitrogen and oxygen atoms in total. The predicted octanol–water partition coefficient (Wildman–Crippen LogP) is 2.70. The molecule has 0 aliphatic carbocycles. The molecule has 1 aromatic carbocycles. The van der Waals surface area contributed by atoms with E-state index in [-0.39, 0.29) is 0 Å². The quantitative estimate of drug-likeness (QED) is 0.829.